The van der Waals surface area contributed by atoms with E-state index in [1.807, 2.05) is 36.5 Å². The van der Waals surface area contributed by atoms with Crippen LogP contribution in [0.15, 0.2) is 42.7 Å². The minimum absolute atomic E-state index is 0.803. The summed E-state index contributed by atoms with van der Waals surface area (Å²) >= 11 is 5.26. The van der Waals surface area contributed by atoms with Gasteiger partial charge in [-0.2, -0.15) is 0 Å². The van der Waals surface area contributed by atoms with Gasteiger partial charge in [-0.15, -0.1) is 0 Å². The van der Waals surface area contributed by atoms with E-state index in [9.17, 15) is 0 Å². The molecule has 0 aliphatic carbocycles. The van der Waals surface area contributed by atoms with Crippen LogP contribution in [-0.4, -0.2) is 15.0 Å². The van der Waals surface area contributed by atoms with E-state index in [1.54, 1.807) is 6.20 Å². The molecule has 82 valence electrons. The molecular formula is C12H13N3S. The standard InChI is InChI=1S/C12H13N3S/c16-12(7-6-11-13-8-9-14-11)15-10-4-2-1-3-5-10/h1-5,8-9H,6-7H2,(H,13,14)(H,15,16). The lowest BCUT2D eigenvalue weighted by molar-refractivity contribution is 0.939. The van der Waals surface area contributed by atoms with E-state index in [-0.39, 0.29) is 0 Å². The molecule has 1 heterocycles. The lowest BCUT2D eigenvalue weighted by Crippen LogP contribution is -2.10. The van der Waals surface area contributed by atoms with Gasteiger partial charge in [-0.05, 0) is 12.1 Å². The lowest BCUT2D eigenvalue weighted by Gasteiger charge is -2.06. The van der Waals surface area contributed by atoms with Crippen LogP contribution in [0, 0.1) is 0 Å². The van der Waals surface area contributed by atoms with Crippen molar-refractivity contribution >= 4 is 22.9 Å². The Hall–Kier alpha value is -1.68. The van der Waals surface area contributed by atoms with Gasteiger partial charge < -0.3 is 10.3 Å². The summed E-state index contributed by atoms with van der Waals surface area (Å²) in [5.41, 5.74) is 1.03. The predicted octanol–water partition coefficient (Wildman–Crippen LogP) is 2.78. The van der Waals surface area contributed by atoms with Gasteiger partial charge in [0.1, 0.15) is 5.82 Å². The normalized spacial score (nSPS) is 10.0. The van der Waals surface area contributed by atoms with Crippen molar-refractivity contribution in [2.24, 2.45) is 0 Å². The maximum atomic E-state index is 5.26. The van der Waals surface area contributed by atoms with Crippen molar-refractivity contribution < 1.29 is 0 Å². The van der Waals surface area contributed by atoms with Crippen LogP contribution in [0.5, 0.6) is 0 Å². The van der Waals surface area contributed by atoms with Gasteiger partial charge in [0, 0.05) is 30.9 Å². The van der Waals surface area contributed by atoms with E-state index in [0.29, 0.717) is 0 Å². The van der Waals surface area contributed by atoms with Crippen LogP contribution >= 0.6 is 12.2 Å². The minimum Gasteiger partial charge on any atom is -0.350 e. The largest absolute Gasteiger partial charge is 0.350 e. The number of anilines is 1. The Morgan fingerprint density at radius 1 is 1.31 bits per heavy atom. The Kier molecular flexibility index (Phi) is 3.66. The Morgan fingerprint density at radius 3 is 2.81 bits per heavy atom. The van der Waals surface area contributed by atoms with Gasteiger partial charge in [0.05, 0.1) is 4.99 Å². The minimum atomic E-state index is 0.803. The first-order chi connectivity index (χ1) is 7.84. The Bertz CT molecular complexity index is 437. The van der Waals surface area contributed by atoms with Crippen LogP contribution < -0.4 is 5.32 Å². The summed E-state index contributed by atoms with van der Waals surface area (Å²) in [6.07, 6.45) is 5.22. The molecule has 0 aliphatic rings. The van der Waals surface area contributed by atoms with Crippen LogP contribution in [-0.2, 0) is 6.42 Å². The highest BCUT2D eigenvalue weighted by atomic mass is 32.1. The van der Waals surface area contributed by atoms with Crippen molar-refractivity contribution in [3.05, 3.63) is 48.5 Å². The summed E-state index contributed by atoms with van der Waals surface area (Å²) < 4.78 is 0. The Labute approximate surface area is 99.9 Å². The molecule has 0 bridgehead atoms. The second-order valence-electron chi connectivity index (χ2n) is 3.45. The van der Waals surface area contributed by atoms with Crippen molar-refractivity contribution in [2.45, 2.75) is 12.8 Å². The van der Waals surface area contributed by atoms with Crippen LogP contribution in [0.1, 0.15) is 12.2 Å². The first-order valence-electron chi connectivity index (χ1n) is 5.18. The molecule has 3 nitrogen and oxygen atoms in total. The van der Waals surface area contributed by atoms with Gasteiger partial charge in [-0.25, -0.2) is 4.98 Å². The van der Waals surface area contributed by atoms with Gasteiger partial charge in [-0.3, -0.25) is 0 Å². The topological polar surface area (TPSA) is 40.7 Å². The molecule has 0 unspecified atom stereocenters. The molecule has 0 atom stereocenters. The molecule has 0 aliphatic heterocycles. The quantitative estimate of drug-likeness (QED) is 0.795. The SMILES string of the molecule is S=C(CCc1ncc[nH]1)Nc1ccccc1. The van der Waals surface area contributed by atoms with Crippen LogP contribution in [0.2, 0.25) is 0 Å². The van der Waals surface area contributed by atoms with Gasteiger partial charge >= 0.3 is 0 Å². The summed E-state index contributed by atoms with van der Waals surface area (Å²) in [4.78, 5) is 8.05. The number of benzene rings is 1. The molecule has 4 heteroatoms. The number of rotatable bonds is 4. The Morgan fingerprint density at radius 2 is 2.12 bits per heavy atom. The molecule has 0 saturated heterocycles. The van der Waals surface area contributed by atoms with Gasteiger partial charge in [-0.1, -0.05) is 30.4 Å². The highest BCUT2D eigenvalue weighted by molar-refractivity contribution is 7.80. The van der Waals surface area contributed by atoms with Crippen molar-refractivity contribution in [3.63, 3.8) is 0 Å². The van der Waals surface area contributed by atoms with E-state index in [0.717, 1.165) is 29.3 Å². The first kappa shape index (κ1) is 10.8. The van der Waals surface area contributed by atoms with E-state index < -0.39 is 0 Å². The molecular weight excluding hydrogens is 218 g/mol. The van der Waals surface area contributed by atoms with E-state index in [4.69, 9.17) is 12.2 Å². The third-order valence-corrected chi connectivity index (χ3v) is 2.51. The first-order valence-corrected chi connectivity index (χ1v) is 5.58. The number of para-hydroxylation sites is 1. The molecule has 0 amide bonds. The van der Waals surface area contributed by atoms with Gasteiger partial charge in [0.15, 0.2) is 0 Å². The van der Waals surface area contributed by atoms with Crippen molar-refractivity contribution in [2.75, 3.05) is 5.32 Å². The predicted molar refractivity (Wildman–Crippen MR) is 69.6 cm³/mol. The van der Waals surface area contributed by atoms with Crippen LogP contribution in [0.3, 0.4) is 0 Å². The fourth-order valence-electron chi connectivity index (χ4n) is 1.41. The summed E-state index contributed by atoms with van der Waals surface area (Å²) in [6, 6.07) is 9.95. The molecule has 2 aromatic rings. The van der Waals surface area contributed by atoms with Crippen LogP contribution in [0.25, 0.3) is 0 Å². The maximum absolute atomic E-state index is 5.26. The Balaban J connectivity index is 1.81. The fourth-order valence-corrected chi connectivity index (χ4v) is 1.63. The fraction of sp³-hybridized carbons (Fsp3) is 0.167. The number of aromatic nitrogens is 2. The number of H-pyrrole nitrogens is 1. The van der Waals surface area contributed by atoms with Crippen molar-refractivity contribution in [1.29, 1.82) is 0 Å². The third kappa shape index (κ3) is 3.17. The molecule has 0 radical (unpaired) electrons. The second kappa shape index (κ2) is 5.42. The third-order valence-electron chi connectivity index (χ3n) is 2.20. The van der Waals surface area contributed by atoms with Crippen molar-refractivity contribution in [1.82, 2.24) is 9.97 Å². The highest BCUT2D eigenvalue weighted by Crippen LogP contribution is 2.07. The molecule has 1 aromatic carbocycles. The van der Waals surface area contributed by atoms with Crippen molar-refractivity contribution in [3.8, 4) is 0 Å². The number of hydrogen-bond donors (Lipinski definition) is 2. The smallest absolute Gasteiger partial charge is 0.106 e. The molecule has 2 rings (SSSR count). The van der Waals surface area contributed by atoms with Gasteiger partial charge in [0.25, 0.3) is 0 Å². The van der Waals surface area contributed by atoms with E-state index in [1.165, 1.54) is 0 Å². The van der Waals surface area contributed by atoms with Crippen LogP contribution in [0.4, 0.5) is 5.69 Å². The number of imidazole rings is 1. The summed E-state index contributed by atoms with van der Waals surface area (Å²) in [5.74, 6) is 0.970. The summed E-state index contributed by atoms with van der Waals surface area (Å²) in [7, 11) is 0. The van der Waals surface area contributed by atoms with Gasteiger partial charge in [0.2, 0.25) is 0 Å². The zero-order valence-electron chi connectivity index (χ0n) is 8.81. The average molecular weight is 231 g/mol. The summed E-state index contributed by atoms with van der Waals surface area (Å²) in [6.45, 7) is 0. The number of nitrogens with one attached hydrogen (secondary N) is 2. The summed E-state index contributed by atoms with van der Waals surface area (Å²) in [5, 5.41) is 3.19. The number of hydrogen-bond acceptors (Lipinski definition) is 2. The second-order valence-corrected chi connectivity index (χ2v) is 3.94. The molecule has 1 aromatic heterocycles. The molecule has 2 N–H and O–H groups in total. The number of nitrogens with zero attached hydrogens (tertiary/aromatic N) is 1. The molecule has 0 fully saturated rings. The number of aromatic amines is 1. The van der Waals surface area contributed by atoms with E-state index in [2.05, 4.69) is 15.3 Å². The zero-order chi connectivity index (χ0) is 11.2. The monoisotopic (exact) mass is 231 g/mol. The molecule has 16 heavy (non-hydrogen) atoms. The highest BCUT2D eigenvalue weighted by Gasteiger charge is 2.00. The molecule has 0 saturated carbocycles. The lowest BCUT2D eigenvalue weighted by atomic mass is 10.2. The van der Waals surface area contributed by atoms with E-state index >= 15 is 0 Å². The zero-order valence-corrected chi connectivity index (χ0v) is 9.63. The maximum Gasteiger partial charge on any atom is 0.106 e. The average Bonchev–Trinajstić information content (AvgIpc) is 2.81. The number of thiocarbonyl (C=S) groups is 1. The number of aryl methyl sites for hydroxylation is 1. The molecule has 0 spiro atoms.